The molecule has 3 nitrogen and oxygen atoms in total. The number of hydrogen-bond acceptors (Lipinski definition) is 4. The number of carbonyl (C=O) groups excluding carboxylic acids is 1. The van der Waals surface area contributed by atoms with Crippen LogP contribution in [0.4, 0.5) is 0 Å². The minimum Gasteiger partial charge on any atom is -0.468 e. The van der Waals surface area contributed by atoms with E-state index in [-0.39, 0.29) is 0 Å². The van der Waals surface area contributed by atoms with Crippen LogP contribution in [0.3, 0.4) is 0 Å². The highest BCUT2D eigenvalue weighted by Crippen LogP contribution is 2.26. The Balaban J connectivity index is 2.77. The molecule has 0 bridgehead atoms. The number of carbonyl (C=O) groups is 1. The first-order chi connectivity index (χ1) is 5.65. The number of methoxy groups -OCH3 is 1. The fraction of sp³-hybridized carbons (Fsp3) is 0.429. The Morgan fingerprint density at radius 3 is 2.92 bits per heavy atom. The van der Waals surface area contributed by atoms with Crippen molar-refractivity contribution >= 4 is 28.9 Å². The Hall–Kier alpha value is -0.610. The molecule has 0 aliphatic carbocycles. The molecule has 0 radical (unpaired) electrons. The summed E-state index contributed by atoms with van der Waals surface area (Å²) in [5.41, 5.74) is 0. The number of ether oxygens (including phenoxy) is 1. The lowest BCUT2D eigenvalue weighted by molar-refractivity contribution is -0.140. The monoisotopic (exact) mass is 205 g/mol. The number of hydrogen-bond donors (Lipinski definition) is 0. The maximum atomic E-state index is 10.9. The fourth-order valence-electron chi connectivity index (χ4n) is 0.715. The largest absolute Gasteiger partial charge is 0.468 e. The zero-order valence-corrected chi connectivity index (χ0v) is 8.28. The molecule has 0 saturated carbocycles. The SMILES string of the molecule is COC(=O)C(Cl)c1cnc(C)s1. The minimum atomic E-state index is -0.721. The minimum absolute atomic E-state index is 0.444. The molecule has 1 atom stereocenters. The zero-order valence-electron chi connectivity index (χ0n) is 6.70. The van der Waals surface area contributed by atoms with Crippen LogP contribution in [0.25, 0.3) is 0 Å². The van der Waals surface area contributed by atoms with E-state index >= 15 is 0 Å². The molecule has 12 heavy (non-hydrogen) atoms. The molecule has 0 N–H and O–H groups in total. The maximum Gasteiger partial charge on any atom is 0.329 e. The van der Waals surface area contributed by atoms with Crippen molar-refractivity contribution in [3.63, 3.8) is 0 Å². The van der Waals surface area contributed by atoms with Gasteiger partial charge in [-0.1, -0.05) is 0 Å². The van der Waals surface area contributed by atoms with Gasteiger partial charge in [-0.25, -0.2) is 4.98 Å². The summed E-state index contributed by atoms with van der Waals surface area (Å²) in [6, 6.07) is 0. The summed E-state index contributed by atoms with van der Waals surface area (Å²) < 4.78 is 4.48. The number of thiazole rings is 1. The van der Waals surface area contributed by atoms with E-state index in [1.807, 2.05) is 6.92 Å². The van der Waals surface area contributed by atoms with Crippen LogP contribution in [0.5, 0.6) is 0 Å². The average molecular weight is 206 g/mol. The second-order valence-electron chi connectivity index (χ2n) is 2.17. The standard InChI is InChI=1S/C7H8ClNO2S/c1-4-9-3-5(12-4)6(8)7(10)11-2/h3,6H,1-2H3. The highest BCUT2D eigenvalue weighted by Gasteiger charge is 2.19. The second kappa shape index (κ2) is 3.87. The molecule has 0 fully saturated rings. The number of halogens is 1. The zero-order chi connectivity index (χ0) is 9.14. The third-order valence-corrected chi connectivity index (χ3v) is 2.82. The second-order valence-corrected chi connectivity index (χ2v) is 3.87. The Morgan fingerprint density at radius 2 is 2.50 bits per heavy atom. The number of aromatic nitrogens is 1. The van der Waals surface area contributed by atoms with Gasteiger partial charge in [0, 0.05) is 6.20 Å². The van der Waals surface area contributed by atoms with Crippen LogP contribution in [-0.4, -0.2) is 18.1 Å². The number of esters is 1. The van der Waals surface area contributed by atoms with Crippen LogP contribution < -0.4 is 0 Å². The van der Waals surface area contributed by atoms with Gasteiger partial charge >= 0.3 is 5.97 Å². The van der Waals surface area contributed by atoms with E-state index in [1.165, 1.54) is 18.4 Å². The molecule has 5 heteroatoms. The van der Waals surface area contributed by atoms with Crippen LogP contribution >= 0.6 is 22.9 Å². The van der Waals surface area contributed by atoms with E-state index < -0.39 is 11.3 Å². The Morgan fingerprint density at radius 1 is 1.83 bits per heavy atom. The van der Waals surface area contributed by atoms with Crippen LogP contribution in [0, 0.1) is 6.92 Å². The van der Waals surface area contributed by atoms with Crippen molar-refractivity contribution in [1.82, 2.24) is 4.98 Å². The number of rotatable bonds is 2. The summed E-state index contributed by atoms with van der Waals surface area (Å²) in [5, 5.41) is 0.167. The molecule has 66 valence electrons. The number of nitrogens with zero attached hydrogens (tertiary/aromatic N) is 1. The Bertz CT molecular complexity index is 287. The first-order valence-electron chi connectivity index (χ1n) is 3.29. The normalized spacial score (nSPS) is 12.6. The Labute approximate surface area is 79.3 Å². The van der Waals surface area contributed by atoms with Crippen molar-refractivity contribution in [3.8, 4) is 0 Å². The Kier molecular flexibility index (Phi) is 3.05. The van der Waals surface area contributed by atoms with Crippen LogP contribution in [0.2, 0.25) is 0 Å². The molecule has 0 amide bonds. The van der Waals surface area contributed by atoms with E-state index in [2.05, 4.69) is 9.72 Å². The summed E-state index contributed by atoms with van der Waals surface area (Å²) in [5.74, 6) is -0.444. The van der Waals surface area contributed by atoms with Gasteiger partial charge in [0.05, 0.1) is 17.0 Å². The van der Waals surface area contributed by atoms with Crippen molar-refractivity contribution in [1.29, 1.82) is 0 Å². The molecule has 0 aliphatic rings. The molecule has 1 rings (SSSR count). The first-order valence-corrected chi connectivity index (χ1v) is 4.54. The van der Waals surface area contributed by atoms with Crippen molar-refractivity contribution in [3.05, 3.63) is 16.1 Å². The van der Waals surface area contributed by atoms with Crippen molar-refractivity contribution in [2.45, 2.75) is 12.3 Å². The molecule has 1 unspecified atom stereocenters. The van der Waals surface area contributed by atoms with Gasteiger partial charge in [0.25, 0.3) is 0 Å². The summed E-state index contributed by atoms with van der Waals surface area (Å²) >= 11 is 7.16. The molecule has 0 saturated heterocycles. The molecule has 1 aromatic heterocycles. The van der Waals surface area contributed by atoms with Crippen molar-refractivity contribution in [2.75, 3.05) is 7.11 Å². The maximum absolute atomic E-state index is 10.9. The van der Waals surface area contributed by atoms with Gasteiger partial charge in [0.15, 0.2) is 5.38 Å². The van der Waals surface area contributed by atoms with Crippen molar-refractivity contribution in [2.24, 2.45) is 0 Å². The lowest BCUT2D eigenvalue weighted by Gasteiger charge is -2.02. The topological polar surface area (TPSA) is 39.2 Å². The van der Waals surface area contributed by atoms with Gasteiger partial charge in [-0.3, -0.25) is 4.79 Å². The van der Waals surface area contributed by atoms with E-state index in [0.29, 0.717) is 0 Å². The van der Waals surface area contributed by atoms with Gasteiger partial charge in [-0.2, -0.15) is 0 Å². The lowest BCUT2D eigenvalue weighted by Crippen LogP contribution is -2.06. The molecule has 0 aliphatic heterocycles. The molecule has 1 heterocycles. The van der Waals surface area contributed by atoms with Crippen molar-refractivity contribution < 1.29 is 9.53 Å². The summed E-state index contributed by atoms with van der Waals surface area (Å²) in [7, 11) is 1.31. The molecule has 0 spiro atoms. The van der Waals surface area contributed by atoms with E-state index in [9.17, 15) is 4.79 Å². The summed E-state index contributed by atoms with van der Waals surface area (Å²) in [6.45, 7) is 1.86. The lowest BCUT2D eigenvalue weighted by atomic mass is 10.4. The number of aryl methyl sites for hydroxylation is 1. The quantitative estimate of drug-likeness (QED) is 0.547. The van der Waals surface area contributed by atoms with Gasteiger partial charge < -0.3 is 4.74 Å². The van der Waals surface area contributed by atoms with Gasteiger partial charge in [-0.05, 0) is 6.92 Å². The summed E-state index contributed by atoms with van der Waals surface area (Å²) in [6.07, 6.45) is 1.59. The average Bonchev–Trinajstić information content (AvgIpc) is 2.49. The number of alkyl halides is 1. The van der Waals surface area contributed by atoms with E-state index in [4.69, 9.17) is 11.6 Å². The van der Waals surface area contributed by atoms with Gasteiger partial charge in [0.1, 0.15) is 0 Å². The highest BCUT2D eigenvalue weighted by molar-refractivity contribution is 7.12. The van der Waals surface area contributed by atoms with Crippen LogP contribution in [-0.2, 0) is 9.53 Å². The predicted molar refractivity (Wildman–Crippen MR) is 47.5 cm³/mol. The predicted octanol–water partition coefficient (Wildman–Crippen LogP) is 1.90. The third-order valence-electron chi connectivity index (χ3n) is 1.30. The molecular formula is C7H8ClNO2S. The third kappa shape index (κ3) is 1.95. The highest BCUT2D eigenvalue weighted by atomic mass is 35.5. The van der Waals surface area contributed by atoms with Gasteiger partial charge in [0.2, 0.25) is 0 Å². The smallest absolute Gasteiger partial charge is 0.329 e. The van der Waals surface area contributed by atoms with E-state index in [0.717, 1.165) is 9.88 Å². The van der Waals surface area contributed by atoms with Crippen LogP contribution in [0.15, 0.2) is 6.20 Å². The summed E-state index contributed by atoms with van der Waals surface area (Å²) in [4.78, 5) is 15.7. The van der Waals surface area contributed by atoms with Gasteiger partial charge in [-0.15, -0.1) is 22.9 Å². The van der Waals surface area contributed by atoms with Crippen LogP contribution in [0.1, 0.15) is 15.3 Å². The van der Waals surface area contributed by atoms with E-state index in [1.54, 1.807) is 6.20 Å². The molecule has 0 aromatic carbocycles. The molecular weight excluding hydrogens is 198 g/mol. The molecule has 1 aromatic rings. The first kappa shape index (κ1) is 9.48. The fourth-order valence-corrected chi connectivity index (χ4v) is 1.75.